The molecular formula is C52H40N6. The smallest absolute Gasteiger partial charge is 0.158 e. The van der Waals surface area contributed by atoms with E-state index in [-0.39, 0.29) is 18.0 Å². The van der Waals surface area contributed by atoms with E-state index in [1.807, 2.05) is 6.08 Å². The molecule has 58 heavy (non-hydrogen) atoms. The van der Waals surface area contributed by atoms with E-state index < -0.39 is 0 Å². The summed E-state index contributed by atoms with van der Waals surface area (Å²) in [6.45, 7) is 0. The maximum absolute atomic E-state index is 9.84. The van der Waals surface area contributed by atoms with E-state index >= 15 is 0 Å². The van der Waals surface area contributed by atoms with Gasteiger partial charge in [-0.25, -0.2) is 9.98 Å². The number of nitrogens with zero attached hydrogens (tertiary/aromatic N) is 5. The minimum atomic E-state index is -0.380. The number of aromatic nitrogens is 2. The molecule has 6 nitrogen and oxygen atoms in total. The molecule has 0 saturated heterocycles. The third-order valence-corrected chi connectivity index (χ3v) is 12.1. The third kappa shape index (κ3) is 5.70. The van der Waals surface area contributed by atoms with Crippen LogP contribution in [-0.4, -0.2) is 20.8 Å². The molecule has 11 rings (SSSR count). The van der Waals surface area contributed by atoms with Crippen LogP contribution in [0.5, 0.6) is 0 Å². The highest BCUT2D eigenvalue weighted by atomic mass is 15.2. The maximum Gasteiger partial charge on any atom is 0.158 e. The van der Waals surface area contributed by atoms with Gasteiger partial charge >= 0.3 is 0 Å². The first-order valence-corrected chi connectivity index (χ1v) is 20.3. The number of para-hydroxylation sites is 3. The average Bonchev–Trinajstić information content (AvgIpc) is 3.81. The van der Waals surface area contributed by atoms with Crippen LogP contribution in [0.25, 0.3) is 66.1 Å². The van der Waals surface area contributed by atoms with Crippen molar-refractivity contribution in [3.8, 4) is 28.6 Å². The van der Waals surface area contributed by atoms with Crippen molar-refractivity contribution < 1.29 is 0 Å². The molecule has 0 amide bonds. The van der Waals surface area contributed by atoms with E-state index in [4.69, 9.17) is 9.98 Å². The summed E-state index contributed by atoms with van der Waals surface area (Å²) in [6.07, 6.45) is 14.0. The third-order valence-electron chi connectivity index (χ3n) is 12.1. The van der Waals surface area contributed by atoms with Gasteiger partial charge in [-0.05, 0) is 73.2 Å². The molecule has 3 heterocycles. The first-order valence-electron chi connectivity index (χ1n) is 20.3. The highest BCUT2D eigenvalue weighted by molar-refractivity contribution is 6.13. The number of allylic oxidation sites excluding steroid dienone is 4. The molecule has 0 saturated carbocycles. The van der Waals surface area contributed by atoms with Crippen LogP contribution in [0, 0.1) is 23.2 Å². The zero-order chi connectivity index (χ0) is 38.6. The molecule has 0 bridgehead atoms. The fourth-order valence-corrected chi connectivity index (χ4v) is 9.29. The van der Waals surface area contributed by atoms with E-state index in [9.17, 15) is 5.26 Å². The highest BCUT2D eigenvalue weighted by Crippen LogP contribution is 2.40. The Morgan fingerprint density at radius 2 is 1.34 bits per heavy atom. The van der Waals surface area contributed by atoms with Crippen molar-refractivity contribution in [2.45, 2.75) is 31.8 Å². The van der Waals surface area contributed by atoms with Gasteiger partial charge in [-0.1, -0.05) is 134 Å². The molecule has 0 radical (unpaired) electrons. The van der Waals surface area contributed by atoms with Gasteiger partial charge in [-0.3, -0.25) is 0 Å². The van der Waals surface area contributed by atoms with Gasteiger partial charge < -0.3 is 14.5 Å². The molecule has 1 N–H and O–H groups in total. The average molecular weight is 749 g/mol. The Bertz CT molecular complexity index is 3130. The molecule has 0 fully saturated rings. The molecular weight excluding hydrogens is 709 g/mol. The number of benzene rings is 6. The van der Waals surface area contributed by atoms with E-state index in [2.05, 4.69) is 184 Å². The van der Waals surface area contributed by atoms with Crippen LogP contribution >= 0.6 is 0 Å². The van der Waals surface area contributed by atoms with Gasteiger partial charge in [0, 0.05) is 44.3 Å². The second-order valence-corrected chi connectivity index (χ2v) is 15.5. The van der Waals surface area contributed by atoms with Gasteiger partial charge in [0.25, 0.3) is 0 Å². The second-order valence-electron chi connectivity index (χ2n) is 15.5. The minimum Gasteiger partial charge on any atom is -0.348 e. The zero-order valence-corrected chi connectivity index (χ0v) is 32.0. The lowest BCUT2D eigenvalue weighted by atomic mass is 9.86. The predicted molar refractivity (Wildman–Crippen MR) is 239 cm³/mol. The van der Waals surface area contributed by atoms with Crippen LogP contribution in [0.3, 0.4) is 0 Å². The fourth-order valence-electron chi connectivity index (χ4n) is 9.29. The Morgan fingerprint density at radius 1 is 0.638 bits per heavy atom. The summed E-state index contributed by atoms with van der Waals surface area (Å²) in [4.78, 5) is 10.5. The van der Waals surface area contributed by atoms with Crippen LogP contribution < -0.4 is 5.32 Å². The van der Waals surface area contributed by atoms with Crippen LogP contribution in [0.2, 0.25) is 0 Å². The second kappa shape index (κ2) is 14.1. The molecule has 3 atom stereocenters. The van der Waals surface area contributed by atoms with E-state index in [1.165, 1.54) is 43.7 Å². The lowest BCUT2D eigenvalue weighted by Gasteiger charge is -2.31. The van der Waals surface area contributed by atoms with Gasteiger partial charge in [0.2, 0.25) is 0 Å². The van der Waals surface area contributed by atoms with Crippen molar-refractivity contribution in [1.82, 2.24) is 14.5 Å². The van der Waals surface area contributed by atoms with Crippen molar-refractivity contribution in [2.75, 3.05) is 0 Å². The van der Waals surface area contributed by atoms with Gasteiger partial charge in [0.05, 0.1) is 39.7 Å². The first kappa shape index (κ1) is 34.1. The Labute approximate surface area is 337 Å². The lowest BCUT2D eigenvalue weighted by Crippen LogP contribution is -2.39. The molecule has 1 aliphatic heterocycles. The van der Waals surface area contributed by atoms with Gasteiger partial charge in [0.15, 0.2) is 5.84 Å². The molecule has 8 aromatic rings. The molecule has 2 aliphatic carbocycles. The lowest BCUT2D eigenvalue weighted by molar-refractivity contribution is 0.521. The van der Waals surface area contributed by atoms with E-state index in [0.29, 0.717) is 0 Å². The number of hydrogen-bond donors (Lipinski definition) is 1. The quantitative estimate of drug-likeness (QED) is 0.172. The van der Waals surface area contributed by atoms with Crippen molar-refractivity contribution in [2.24, 2.45) is 21.8 Å². The van der Waals surface area contributed by atoms with Crippen molar-refractivity contribution >= 4 is 55.3 Å². The number of fused-ring (bicyclic) bond motifs is 6. The van der Waals surface area contributed by atoms with Crippen molar-refractivity contribution in [3.63, 3.8) is 0 Å². The van der Waals surface area contributed by atoms with Gasteiger partial charge in [-0.2, -0.15) is 5.26 Å². The molecule has 3 aliphatic rings. The summed E-state index contributed by atoms with van der Waals surface area (Å²) in [5, 5.41) is 18.5. The Kier molecular flexibility index (Phi) is 8.25. The van der Waals surface area contributed by atoms with Crippen LogP contribution in [0.1, 0.15) is 37.4 Å². The summed E-state index contributed by atoms with van der Waals surface area (Å²) in [5.74, 6) is 1.63. The number of aliphatic imine (C=N–C) groups is 2. The molecule has 0 spiro atoms. The summed E-state index contributed by atoms with van der Waals surface area (Å²) < 4.78 is 4.84. The van der Waals surface area contributed by atoms with E-state index in [0.717, 1.165) is 70.9 Å². The molecule has 6 aromatic carbocycles. The fraction of sp³-hybridized carbons (Fsp3) is 0.135. The number of hydrogen-bond acceptors (Lipinski definition) is 4. The Balaban J connectivity index is 1.10. The summed E-state index contributed by atoms with van der Waals surface area (Å²) in [5.41, 5.74) is 11.3. The van der Waals surface area contributed by atoms with Crippen molar-refractivity contribution in [1.29, 1.82) is 5.26 Å². The largest absolute Gasteiger partial charge is 0.348 e. The summed E-state index contributed by atoms with van der Waals surface area (Å²) >= 11 is 0. The van der Waals surface area contributed by atoms with Crippen molar-refractivity contribution in [3.05, 3.63) is 181 Å². The topological polar surface area (TPSA) is 70.4 Å². The molecule has 6 heteroatoms. The standard InChI is InChI=1S/C52H40N6/c53-33-34-14-13-19-38(30-34)51-54-50(36-17-5-2-6-18-36)55-52(56-51)44-22-9-12-25-47(44)58-46-24-11-8-21-41(46)43-29-27-39(32-49(43)58)57-45-23-10-7-20-40(45)42-28-26-37(31-48(42)57)35-15-3-1-4-16-35/h1,3-5,7-18,20-29,31-32,34,38,52H,2,6,19,30H2,(H,54,55,56). The first-order chi connectivity index (χ1) is 28.7. The molecule has 278 valence electrons. The van der Waals surface area contributed by atoms with Crippen LogP contribution in [0.15, 0.2) is 185 Å². The summed E-state index contributed by atoms with van der Waals surface area (Å²) in [6, 6.07) is 52.9. The molecule has 3 unspecified atom stereocenters. The number of rotatable bonds is 6. The number of nitrogens with one attached hydrogen (secondary N) is 1. The zero-order valence-electron chi connectivity index (χ0n) is 32.0. The van der Waals surface area contributed by atoms with Crippen LogP contribution in [-0.2, 0) is 0 Å². The van der Waals surface area contributed by atoms with E-state index in [1.54, 1.807) is 0 Å². The normalized spacial score (nSPS) is 19.2. The highest BCUT2D eigenvalue weighted by Gasteiger charge is 2.30. The van der Waals surface area contributed by atoms with Gasteiger partial charge in [0.1, 0.15) is 12.0 Å². The SMILES string of the molecule is N#CC1C=CCC(C2=NC(C3=CCCC=C3)=NC(c3ccccc3-n3c4ccccc4c4ccc(-n5c6ccccc6c6ccc(-c7ccccc7)cc65)cc43)N2)C1. The predicted octanol–water partition coefficient (Wildman–Crippen LogP) is 12.3. The monoisotopic (exact) mass is 748 g/mol. The Morgan fingerprint density at radius 3 is 2.14 bits per heavy atom. The Hall–Kier alpha value is -7.23. The molecule has 2 aromatic heterocycles. The van der Waals surface area contributed by atoms with Gasteiger partial charge in [-0.15, -0.1) is 0 Å². The summed E-state index contributed by atoms with van der Waals surface area (Å²) in [7, 11) is 0. The van der Waals surface area contributed by atoms with Crippen LogP contribution in [0.4, 0.5) is 0 Å². The minimum absolute atomic E-state index is 0.104. The maximum atomic E-state index is 9.84. The number of nitriles is 1. The number of amidine groups is 2.